The number of carbonyl (C=O) groups is 1. The number of aliphatic hydroxyl groups excluding tert-OH is 1. The lowest BCUT2D eigenvalue weighted by molar-refractivity contribution is -0.145. The highest BCUT2D eigenvalue weighted by atomic mass is 16.6. The number of esters is 1. The van der Waals surface area contributed by atoms with Gasteiger partial charge in [-0.1, -0.05) is 0 Å². The van der Waals surface area contributed by atoms with Crippen LogP contribution in [0, 0.1) is 12.8 Å². The molecule has 138 valence electrons. The Morgan fingerprint density at radius 1 is 1.48 bits per heavy atom. The van der Waals surface area contributed by atoms with E-state index < -0.39 is 47.2 Å². The second-order valence-corrected chi connectivity index (χ2v) is 6.76. The number of aromatic amines is 1. The van der Waals surface area contributed by atoms with Crippen molar-refractivity contribution in [1.82, 2.24) is 9.55 Å². The molecule has 25 heavy (non-hydrogen) atoms. The van der Waals surface area contributed by atoms with Gasteiger partial charge in [-0.2, -0.15) is 0 Å². The molecule has 0 aromatic carbocycles. The van der Waals surface area contributed by atoms with Crippen molar-refractivity contribution in [1.29, 1.82) is 0 Å². The molecule has 0 bridgehead atoms. The molecule has 1 aliphatic heterocycles. The minimum atomic E-state index is -1.34. The number of aryl methyl sites for hydroxylation is 1. The average molecular weight is 354 g/mol. The van der Waals surface area contributed by atoms with E-state index in [1.54, 1.807) is 13.8 Å². The summed E-state index contributed by atoms with van der Waals surface area (Å²) in [5.41, 5.74) is -2.12. The number of nitrogens with one attached hydrogen (secondary N) is 1. The van der Waals surface area contributed by atoms with Gasteiger partial charge in [0, 0.05) is 24.1 Å². The summed E-state index contributed by atoms with van der Waals surface area (Å²) in [4.78, 5) is 37.3. The fourth-order valence-corrected chi connectivity index (χ4v) is 3.77. The van der Waals surface area contributed by atoms with Crippen LogP contribution in [0.15, 0.2) is 15.8 Å². The van der Waals surface area contributed by atoms with Crippen molar-refractivity contribution >= 4 is 5.97 Å². The second kappa shape index (κ2) is 6.40. The Labute approximate surface area is 143 Å². The number of rotatable bonds is 4. The Bertz CT molecular complexity index is 785. The van der Waals surface area contributed by atoms with E-state index in [-0.39, 0.29) is 25.9 Å². The van der Waals surface area contributed by atoms with Crippen molar-refractivity contribution < 1.29 is 24.5 Å². The van der Waals surface area contributed by atoms with Gasteiger partial charge in [0.15, 0.2) is 0 Å². The summed E-state index contributed by atoms with van der Waals surface area (Å²) in [6.45, 7) is 3.51. The molecule has 0 spiro atoms. The predicted octanol–water partition coefficient (Wildman–Crippen LogP) is -0.802. The fourth-order valence-electron chi connectivity index (χ4n) is 3.77. The molecule has 1 aromatic heterocycles. The number of hydrogen-bond acceptors (Lipinski definition) is 7. The maximum absolute atomic E-state index is 12.0. The SMILES string of the molecule is CCOC(=O)C[C@H]1C[C@]2(O)C[C@H](n3cc(C)c(=O)[nH]c3=O)O[C@@H]2[C@@H]1O. The zero-order chi connectivity index (χ0) is 18.4. The first-order valence-electron chi connectivity index (χ1n) is 8.28. The van der Waals surface area contributed by atoms with Crippen molar-refractivity contribution in [3.05, 3.63) is 32.6 Å². The summed E-state index contributed by atoms with van der Waals surface area (Å²) in [7, 11) is 0. The van der Waals surface area contributed by atoms with Crippen LogP contribution in [-0.4, -0.2) is 50.1 Å². The van der Waals surface area contributed by atoms with Gasteiger partial charge in [-0.3, -0.25) is 19.1 Å². The Kier molecular flexibility index (Phi) is 4.56. The van der Waals surface area contributed by atoms with E-state index in [1.165, 1.54) is 10.8 Å². The van der Waals surface area contributed by atoms with E-state index in [9.17, 15) is 24.6 Å². The Morgan fingerprint density at radius 2 is 2.20 bits per heavy atom. The summed E-state index contributed by atoms with van der Waals surface area (Å²) in [6, 6.07) is 0. The van der Waals surface area contributed by atoms with Gasteiger partial charge >= 0.3 is 11.7 Å². The number of fused-ring (bicyclic) bond motifs is 1. The summed E-state index contributed by atoms with van der Waals surface area (Å²) in [6.07, 6.45) is -1.12. The topological polar surface area (TPSA) is 131 Å². The standard InChI is InChI=1S/C16H22N2O7/c1-3-24-11(19)4-9-5-16(23)6-10(25-13(16)12(9)20)18-7-8(2)14(21)17-15(18)22/h7,9-10,12-13,20,23H,3-6H2,1-2H3,(H,17,21,22)/t9-,10+,12+,13+,16-/m0/s1. The molecule has 5 atom stereocenters. The molecule has 9 nitrogen and oxygen atoms in total. The highest BCUT2D eigenvalue weighted by molar-refractivity contribution is 5.69. The lowest BCUT2D eigenvalue weighted by Crippen LogP contribution is -2.38. The van der Waals surface area contributed by atoms with Crippen LogP contribution in [0.3, 0.4) is 0 Å². The summed E-state index contributed by atoms with van der Waals surface area (Å²) in [5.74, 6) is -0.900. The van der Waals surface area contributed by atoms with Crippen molar-refractivity contribution in [3.63, 3.8) is 0 Å². The van der Waals surface area contributed by atoms with Crippen LogP contribution in [0.5, 0.6) is 0 Å². The van der Waals surface area contributed by atoms with Gasteiger partial charge in [-0.25, -0.2) is 4.79 Å². The van der Waals surface area contributed by atoms with Crippen LogP contribution in [0.25, 0.3) is 0 Å². The first-order chi connectivity index (χ1) is 11.7. The van der Waals surface area contributed by atoms with Crippen molar-refractivity contribution in [2.45, 2.75) is 57.1 Å². The molecule has 9 heteroatoms. The smallest absolute Gasteiger partial charge is 0.330 e. The molecular weight excluding hydrogens is 332 g/mol. The first-order valence-corrected chi connectivity index (χ1v) is 8.28. The van der Waals surface area contributed by atoms with Gasteiger partial charge in [0.1, 0.15) is 12.3 Å². The molecule has 2 aliphatic rings. The molecule has 1 aromatic rings. The summed E-state index contributed by atoms with van der Waals surface area (Å²) >= 11 is 0. The highest BCUT2D eigenvalue weighted by Crippen LogP contribution is 2.49. The van der Waals surface area contributed by atoms with E-state index in [1.807, 2.05) is 0 Å². The normalized spacial score (nSPS) is 34.1. The summed E-state index contributed by atoms with van der Waals surface area (Å²) < 4.78 is 11.8. The third kappa shape index (κ3) is 3.14. The van der Waals surface area contributed by atoms with Crippen LogP contribution in [0.2, 0.25) is 0 Å². The van der Waals surface area contributed by atoms with E-state index in [0.29, 0.717) is 5.56 Å². The predicted molar refractivity (Wildman–Crippen MR) is 84.9 cm³/mol. The lowest BCUT2D eigenvalue weighted by atomic mass is 9.95. The van der Waals surface area contributed by atoms with Gasteiger partial charge in [-0.15, -0.1) is 0 Å². The fraction of sp³-hybridized carbons (Fsp3) is 0.688. The molecule has 0 unspecified atom stereocenters. The molecule has 0 amide bonds. The molecule has 2 heterocycles. The molecule has 1 aliphatic carbocycles. The van der Waals surface area contributed by atoms with Crippen LogP contribution < -0.4 is 11.2 Å². The molecule has 3 N–H and O–H groups in total. The van der Waals surface area contributed by atoms with Gasteiger partial charge in [0.05, 0.1) is 24.7 Å². The van der Waals surface area contributed by atoms with Crippen LogP contribution in [0.4, 0.5) is 0 Å². The van der Waals surface area contributed by atoms with Crippen molar-refractivity contribution in [2.24, 2.45) is 5.92 Å². The zero-order valence-electron chi connectivity index (χ0n) is 14.1. The van der Waals surface area contributed by atoms with Gasteiger partial charge in [0.25, 0.3) is 5.56 Å². The van der Waals surface area contributed by atoms with Crippen LogP contribution in [-0.2, 0) is 14.3 Å². The Hall–Kier alpha value is -1.97. The lowest BCUT2D eigenvalue weighted by Gasteiger charge is -2.21. The third-order valence-electron chi connectivity index (χ3n) is 4.96. The number of hydrogen-bond donors (Lipinski definition) is 3. The van der Waals surface area contributed by atoms with Crippen molar-refractivity contribution in [3.8, 4) is 0 Å². The quantitative estimate of drug-likeness (QED) is 0.603. The minimum absolute atomic E-state index is 0.000440. The monoisotopic (exact) mass is 354 g/mol. The van der Waals surface area contributed by atoms with Crippen LogP contribution >= 0.6 is 0 Å². The molecule has 2 fully saturated rings. The minimum Gasteiger partial charge on any atom is -0.466 e. The van der Waals surface area contributed by atoms with E-state index in [0.717, 1.165) is 0 Å². The molecule has 1 saturated carbocycles. The number of nitrogens with zero attached hydrogens (tertiary/aromatic N) is 1. The molecular formula is C16H22N2O7. The number of H-pyrrole nitrogens is 1. The van der Waals surface area contributed by atoms with Gasteiger partial charge < -0.3 is 19.7 Å². The molecule has 0 radical (unpaired) electrons. The zero-order valence-corrected chi connectivity index (χ0v) is 14.1. The van der Waals surface area contributed by atoms with E-state index in [2.05, 4.69) is 4.98 Å². The average Bonchev–Trinajstić information content (AvgIpc) is 2.97. The molecule has 1 saturated heterocycles. The second-order valence-electron chi connectivity index (χ2n) is 6.76. The highest BCUT2D eigenvalue weighted by Gasteiger charge is 2.59. The number of carbonyl (C=O) groups excluding carboxylic acids is 1. The van der Waals surface area contributed by atoms with Gasteiger partial charge in [0.2, 0.25) is 0 Å². The van der Waals surface area contributed by atoms with E-state index in [4.69, 9.17) is 9.47 Å². The van der Waals surface area contributed by atoms with Gasteiger partial charge in [-0.05, 0) is 20.3 Å². The Morgan fingerprint density at radius 3 is 2.84 bits per heavy atom. The largest absolute Gasteiger partial charge is 0.466 e. The first kappa shape index (κ1) is 17.8. The van der Waals surface area contributed by atoms with Crippen molar-refractivity contribution in [2.75, 3.05) is 6.61 Å². The number of ether oxygens (including phenoxy) is 2. The van der Waals surface area contributed by atoms with Crippen LogP contribution in [0.1, 0.15) is 38.0 Å². The maximum atomic E-state index is 12.0. The number of aromatic nitrogens is 2. The third-order valence-corrected chi connectivity index (χ3v) is 4.96. The molecule has 3 rings (SSSR count). The number of aliphatic hydroxyl groups is 2. The maximum Gasteiger partial charge on any atom is 0.330 e. The Balaban J connectivity index is 1.77. The summed E-state index contributed by atoms with van der Waals surface area (Å²) in [5, 5.41) is 21.3. The van der Waals surface area contributed by atoms with E-state index >= 15 is 0 Å².